The fourth-order valence-corrected chi connectivity index (χ4v) is 1.60. The van der Waals surface area contributed by atoms with Crippen LogP contribution in [0.4, 0.5) is 0 Å². The molecule has 1 unspecified atom stereocenters. The highest BCUT2D eigenvalue weighted by Crippen LogP contribution is 2.23. The monoisotopic (exact) mass is 271 g/mol. The summed E-state index contributed by atoms with van der Waals surface area (Å²) in [5, 5.41) is 12.6. The summed E-state index contributed by atoms with van der Waals surface area (Å²) >= 11 is 5.84. The van der Waals surface area contributed by atoms with Crippen molar-refractivity contribution < 1.29 is 14.6 Å². The highest BCUT2D eigenvalue weighted by atomic mass is 35.5. The molecule has 18 heavy (non-hydrogen) atoms. The Kier molecular flexibility index (Phi) is 4.99. The molecule has 100 valence electrons. The molecule has 0 spiro atoms. The van der Waals surface area contributed by atoms with Gasteiger partial charge in [-0.05, 0) is 31.5 Å². The Balaban J connectivity index is 2.97. The second-order valence-electron chi connectivity index (χ2n) is 4.37. The number of carbonyl (C=O) groups is 1. The number of methoxy groups -OCH3 is 1. The average molecular weight is 272 g/mol. The fourth-order valence-electron chi connectivity index (χ4n) is 1.43. The molecule has 1 aromatic rings. The van der Waals surface area contributed by atoms with Gasteiger partial charge in [-0.15, -0.1) is 0 Å². The molecule has 1 aromatic carbocycles. The first kappa shape index (κ1) is 14.8. The summed E-state index contributed by atoms with van der Waals surface area (Å²) in [7, 11) is 1.48. The van der Waals surface area contributed by atoms with Gasteiger partial charge < -0.3 is 15.2 Å². The second-order valence-corrected chi connectivity index (χ2v) is 4.81. The zero-order valence-corrected chi connectivity index (χ0v) is 11.5. The molecule has 0 aliphatic heterocycles. The maximum absolute atomic E-state index is 12.1. The number of nitrogens with one attached hydrogen (secondary N) is 1. The number of rotatable bonds is 5. The predicted octanol–water partition coefficient (Wildman–Crippen LogP) is 2.24. The van der Waals surface area contributed by atoms with Gasteiger partial charge in [-0.25, -0.2) is 0 Å². The first-order valence-corrected chi connectivity index (χ1v) is 6.10. The molecule has 0 heterocycles. The maximum Gasteiger partial charge on any atom is 0.255 e. The standard InChI is InChI=1S/C13H18ClNO3/c1-4-13(2,8-16)15-12(17)10-6-5-9(14)7-11(10)18-3/h5-7,16H,4,8H2,1-3H3,(H,15,17). The minimum absolute atomic E-state index is 0.120. The molecule has 1 rings (SSSR count). The molecule has 0 bridgehead atoms. The highest BCUT2D eigenvalue weighted by molar-refractivity contribution is 6.30. The number of amides is 1. The maximum atomic E-state index is 12.1. The van der Waals surface area contributed by atoms with Crippen LogP contribution in [0.25, 0.3) is 0 Å². The lowest BCUT2D eigenvalue weighted by Gasteiger charge is -2.27. The van der Waals surface area contributed by atoms with Crippen LogP contribution in [0.1, 0.15) is 30.6 Å². The number of aliphatic hydroxyl groups excluding tert-OH is 1. The van der Waals surface area contributed by atoms with Gasteiger partial charge >= 0.3 is 0 Å². The Labute approximate surface area is 112 Å². The van der Waals surface area contributed by atoms with Crippen molar-refractivity contribution in [3.05, 3.63) is 28.8 Å². The second kappa shape index (κ2) is 6.07. The van der Waals surface area contributed by atoms with Crippen molar-refractivity contribution in [2.24, 2.45) is 0 Å². The van der Waals surface area contributed by atoms with Crippen LogP contribution in [0, 0.1) is 0 Å². The van der Waals surface area contributed by atoms with Crippen LogP contribution >= 0.6 is 11.6 Å². The smallest absolute Gasteiger partial charge is 0.255 e. The van der Waals surface area contributed by atoms with Crippen molar-refractivity contribution in [1.82, 2.24) is 5.32 Å². The molecular formula is C13H18ClNO3. The number of ether oxygens (including phenoxy) is 1. The van der Waals surface area contributed by atoms with Gasteiger partial charge in [-0.1, -0.05) is 18.5 Å². The van der Waals surface area contributed by atoms with E-state index in [4.69, 9.17) is 16.3 Å². The number of halogens is 1. The number of hydrogen-bond acceptors (Lipinski definition) is 3. The van der Waals surface area contributed by atoms with Crippen LogP contribution in [0.5, 0.6) is 5.75 Å². The summed E-state index contributed by atoms with van der Waals surface area (Å²) in [6.45, 7) is 3.56. The number of aliphatic hydroxyl groups is 1. The Morgan fingerprint density at radius 1 is 1.56 bits per heavy atom. The summed E-state index contributed by atoms with van der Waals surface area (Å²) < 4.78 is 5.12. The quantitative estimate of drug-likeness (QED) is 0.863. The molecule has 1 amide bonds. The van der Waals surface area contributed by atoms with E-state index < -0.39 is 5.54 Å². The fraction of sp³-hybridized carbons (Fsp3) is 0.462. The molecule has 1 atom stereocenters. The average Bonchev–Trinajstić information content (AvgIpc) is 2.38. The van der Waals surface area contributed by atoms with Gasteiger partial charge in [0.2, 0.25) is 0 Å². The third-order valence-corrected chi connectivity index (χ3v) is 3.19. The molecule has 0 aromatic heterocycles. The van der Waals surface area contributed by atoms with E-state index in [0.717, 1.165) is 0 Å². The Morgan fingerprint density at radius 2 is 2.22 bits per heavy atom. The largest absolute Gasteiger partial charge is 0.496 e. The summed E-state index contributed by atoms with van der Waals surface area (Å²) in [6.07, 6.45) is 0.630. The van der Waals surface area contributed by atoms with Crippen molar-refractivity contribution in [2.45, 2.75) is 25.8 Å². The Morgan fingerprint density at radius 3 is 2.72 bits per heavy atom. The molecule has 2 N–H and O–H groups in total. The van der Waals surface area contributed by atoms with Crippen molar-refractivity contribution >= 4 is 17.5 Å². The minimum Gasteiger partial charge on any atom is -0.496 e. The summed E-state index contributed by atoms with van der Waals surface area (Å²) in [4.78, 5) is 12.1. The first-order valence-electron chi connectivity index (χ1n) is 5.72. The normalized spacial score (nSPS) is 13.8. The zero-order valence-electron chi connectivity index (χ0n) is 10.8. The molecule has 0 aliphatic rings. The van der Waals surface area contributed by atoms with E-state index in [1.54, 1.807) is 25.1 Å². The van der Waals surface area contributed by atoms with Crippen LogP contribution in [-0.4, -0.2) is 30.3 Å². The summed E-state index contributed by atoms with van der Waals surface area (Å²) in [6, 6.07) is 4.81. The third-order valence-electron chi connectivity index (χ3n) is 2.95. The molecule has 0 aliphatic carbocycles. The number of hydrogen-bond donors (Lipinski definition) is 2. The van der Waals surface area contributed by atoms with Gasteiger partial charge in [0.15, 0.2) is 0 Å². The summed E-state index contributed by atoms with van der Waals surface area (Å²) in [5.41, 5.74) is -0.239. The molecule has 4 nitrogen and oxygen atoms in total. The molecule has 0 saturated heterocycles. The lowest BCUT2D eigenvalue weighted by molar-refractivity contribution is 0.0844. The van der Waals surface area contributed by atoms with Crippen molar-refractivity contribution in [2.75, 3.05) is 13.7 Å². The van der Waals surface area contributed by atoms with E-state index in [-0.39, 0.29) is 12.5 Å². The SMILES string of the molecule is CCC(C)(CO)NC(=O)c1ccc(Cl)cc1OC. The van der Waals surface area contributed by atoms with Gasteiger partial charge in [0.1, 0.15) is 5.75 Å². The Bertz CT molecular complexity index is 430. The van der Waals surface area contributed by atoms with Crippen LogP contribution in [0.15, 0.2) is 18.2 Å². The first-order chi connectivity index (χ1) is 8.45. The van der Waals surface area contributed by atoms with Crippen LogP contribution in [0.3, 0.4) is 0 Å². The van der Waals surface area contributed by atoms with E-state index >= 15 is 0 Å². The van der Waals surface area contributed by atoms with E-state index in [0.29, 0.717) is 22.8 Å². The van der Waals surface area contributed by atoms with E-state index in [9.17, 15) is 9.90 Å². The number of carbonyl (C=O) groups excluding carboxylic acids is 1. The minimum atomic E-state index is -0.637. The molecule has 0 saturated carbocycles. The van der Waals surface area contributed by atoms with Crippen LogP contribution in [-0.2, 0) is 0 Å². The molecule has 5 heteroatoms. The van der Waals surface area contributed by atoms with Crippen molar-refractivity contribution in [1.29, 1.82) is 0 Å². The molecular weight excluding hydrogens is 254 g/mol. The van der Waals surface area contributed by atoms with Gasteiger partial charge in [0.25, 0.3) is 5.91 Å². The topological polar surface area (TPSA) is 58.6 Å². The molecule has 0 fully saturated rings. The predicted molar refractivity (Wildman–Crippen MR) is 71.3 cm³/mol. The van der Waals surface area contributed by atoms with E-state index in [1.807, 2.05) is 6.92 Å². The van der Waals surface area contributed by atoms with Gasteiger partial charge in [-0.3, -0.25) is 4.79 Å². The van der Waals surface area contributed by atoms with Gasteiger partial charge in [0.05, 0.1) is 24.8 Å². The summed E-state index contributed by atoms with van der Waals surface area (Å²) in [5.74, 6) is 0.123. The van der Waals surface area contributed by atoms with E-state index in [1.165, 1.54) is 7.11 Å². The van der Waals surface area contributed by atoms with Crippen molar-refractivity contribution in [3.63, 3.8) is 0 Å². The van der Waals surface area contributed by atoms with Gasteiger partial charge in [-0.2, -0.15) is 0 Å². The third kappa shape index (κ3) is 3.37. The van der Waals surface area contributed by atoms with Crippen LogP contribution < -0.4 is 10.1 Å². The lowest BCUT2D eigenvalue weighted by atomic mass is 9.99. The number of benzene rings is 1. The Hall–Kier alpha value is -1.26. The van der Waals surface area contributed by atoms with E-state index in [2.05, 4.69) is 5.32 Å². The van der Waals surface area contributed by atoms with Crippen LogP contribution in [0.2, 0.25) is 5.02 Å². The highest BCUT2D eigenvalue weighted by Gasteiger charge is 2.25. The van der Waals surface area contributed by atoms with Gasteiger partial charge in [0, 0.05) is 5.02 Å². The lowest BCUT2D eigenvalue weighted by Crippen LogP contribution is -2.48. The molecule has 0 radical (unpaired) electrons. The van der Waals surface area contributed by atoms with Crippen molar-refractivity contribution in [3.8, 4) is 5.75 Å². The zero-order chi connectivity index (χ0) is 13.8.